The van der Waals surface area contributed by atoms with Crippen LogP contribution < -0.4 is 10.3 Å². The van der Waals surface area contributed by atoms with Gasteiger partial charge in [-0.25, -0.2) is 0 Å². The second-order valence-corrected chi connectivity index (χ2v) is 4.87. The van der Waals surface area contributed by atoms with E-state index in [1.165, 1.54) is 6.92 Å². The number of ketones is 1. The smallest absolute Gasteiger partial charge is 0.290 e. The number of Topliss-reactive ketones (excluding diaryl/α,β-unsaturated/α-hetero) is 1. The van der Waals surface area contributed by atoms with E-state index in [0.717, 1.165) is 4.68 Å². The average Bonchev–Trinajstić information content (AvgIpc) is 2.46. The Morgan fingerprint density at radius 3 is 2.48 bits per heavy atom. The van der Waals surface area contributed by atoms with Crippen LogP contribution >= 0.6 is 11.6 Å². The van der Waals surface area contributed by atoms with Crippen molar-refractivity contribution in [3.8, 4) is 11.4 Å². The van der Waals surface area contributed by atoms with Crippen LogP contribution in [0.1, 0.15) is 29.9 Å². The molecule has 0 amide bonds. The Hall–Kier alpha value is -2.14. The molecule has 0 radical (unpaired) electrons. The van der Waals surface area contributed by atoms with Crippen LogP contribution in [0.15, 0.2) is 29.1 Å². The van der Waals surface area contributed by atoms with Crippen LogP contribution in [0.4, 0.5) is 0 Å². The number of carbonyl (C=O) groups excluding carboxylic acids is 1. The first-order valence-corrected chi connectivity index (χ1v) is 6.87. The molecule has 0 saturated carbocycles. The second kappa shape index (κ2) is 6.10. The highest BCUT2D eigenvalue weighted by atomic mass is 35.5. The number of benzene rings is 1. The molecule has 1 aromatic carbocycles. The normalized spacial score (nSPS) is 10.5. The van der Waals surface area contributed by atoms with Gasteiger partial charge in [0.05, 0.1) is 12.3 Å². The summed E-state index contributed by atoms with van der Waals surface area (Å²) in [4.78, 5) is 23.8. The number of hydrogen-bond donors (Lipinski definition) is 0. The Morgan fingerprint density at radius 2 is 1.95 bits per heavy atom. The van der Waals surface area contributed by atoms with Gasteiger partial charge in [0.1, 0.15) is 16.5 Å². The molecular weight excluding hydrogens is 292 g/mol. The summed E-state index contributed by atoms with van der Waals surface area (Å²) in [5.74, 6) is 0.452. The monoisotopic (exact) mass is 306 g/mol. The molecule has 110 valence electrons. The SMILES string of the molecule is CCOc1ccc(-n2nc(C(C)=O)c(C)c(Cl)c2=O)cc1. The van der Waals surface area contributed by atoms with Gasteiger partial charge in [0.2, 0.25) is 0 Å². The molecule has 0 aliphatic carbocycles. The van der Waals surface area contributed by atoms with Gasteiger partial charge in [-0.1, -0.05) is 11.6 Å². The fraction of sp³-hybridized carbons (Fsp3) is 0.267. The average molecular weight is 307 g/mol. The molecule has 5 nitrogen and oxygen atoms in total. The number of aromatic nitrogens is 2. The minimum absolute atomic E-state index is 0.00378. The van der Waals surface area contributed by atoms with Crippen molar-refractivity contribution in [3.05, 3.63) is 50.9 Å². The van der Waals surface area contributed by atoms with Gasteiger partial charge in [0.25, 0.3) is 5.56 Å². The van der Waals surface area contributed by atoms with Crippen molar-refractivity contribution in [2.45, 2.75) is 20.8 Å². The molecule has 0 saturated heterocycles. The highest BCUT2D eigenvalue weighted by Gasteiger charge is 2.16. The third kappa shape index (κ3) is 2.97. The second-order valence-electron chi connectivity index (χ2n) is 4.49. The molecule has 1 heterocycles. The van der Waals surface area contributed by atoms with Gasteiger partial charge in [0, 0.05) is 12.5 Å². The van der Waals surface area contributed by atoms with Crippen molar-refractivity contribution in [2.75, 3.05) is 6.61 Å². The zero-order chi connectivity index (χ0) is 15.6. The van der Waals surface area contributed by atoms with Crippen LogP contribution in [0.2, 0.25) is 5.02 Å². The molecule has 0 fully saturated rings. The molecule has 0 N–H and O–H groups in total. The molecule has 0 aliphatic heterocycles. The zero-order valence-corrected chi connectivity index (χ0v) is 12.8. The summed E-state index contributed by atoms with van der Waals surface area (Å²) in [5, 5.41) is 4.11. The largest absolute Gasteiger partial charge is 0.494 e. The first-order chi connectivity index (χ1) is 9.95. The van der Waals surface area contributed by atoms with Crippen LogP contribution in [0, 0.1) is 6.92 Å². The number of hydrogen-bond acceptors (Lipinski definition) is 4. The van der Waals surface area contributed by atoms with Gasteiger partial charge in [-0.15, -0.1) is 0 Å². The van der Waals surface area contributed by atoms with E-state index >= 15 is 0 Å². The maximum absolute atomic E-state index is 12.2. The minimum Gasteiger partial charge on any atom is -0.494 e. The lowest BCUT2D eigenvalue weighted by molar-refractivity contribution is 0.101. The summed E-state index contributed by atoms with van der Waals surface area (Å²) in [6.07, 6.45) is 0. The lowest BCUT2D eigenvalue weighted by Crippen LogP contribution is -2.25. The van der Waals surface area contributed by atoms with Gasteiger partial charge in [-0.3, -0.25) is 9.59 Å². The highest BCUT2D eigenvalue weighted by molar-refractivity contribution is 6.31. The molecule has 0 bridgehead atoms. The van der Waals surface area contributed by atoms with Crippen molar-refractivity contribution in [1.82, 2.24) is 9.78 Å². The first kappa shape index (κ1) is 15.3. The van der Waals surface area contributed by atoms with Crippen LogP contribution in [0.3, 0.4) is 0 Å². The minimum atomic E-state index is -0.455. The quantitative estimate of drug-likeness (QED) is 0.815. The lowest BCUT2D eigenvalue weighted by atomic mass is 10.2. The van der Waals surface area contributed by atoms with Crippen molar-refractivity contribution >= 4 is 17.4 Å². The molecule has 0 atom stereocenters. The number of nitrogens with zero attached hydrogens (tertiary/aromatic N) is 2. The van der Waals surface area contributed by atoms with Crippen molar-refractivity contribution in [3.63, 3.8) is 0 Å². The molecule has 0 unspecified atom stereocenters. The van der Waals surface area contributed by atoms with Gasteiger partial charge in [0.15, 0.2) is 5.78 Å². The first-order valence-electron chi connectivity index (χ1n) is 6.49. The van der Waals surface area contributed by atoms with E-state index in [1.807, 2.05) is 6.92 Å². The topological polar surface area (TPSA) is 61.2 Å². The van der Waals surface area contributed by atoms with Gasteiger partial charge in [-0.2, -0.15) is 9.78 Å². The van der Waals surface area contributed by atoms with Gasteiger partial charge >= 0.3 is 0 Å². The van der Waals surface area contributed by atoms with Crippen molar-refractivity contribution < 1.29 is 9.53 Å². The molecule has 21 heavy (non-hydrogen) atoms. The van der Waals surface area contributed by atoms with E-state index in [0.29, 0.717) is 23.6 Å². The number of ether oxygens (including phenoxy) is 1. The van der Waals surface area contributed by atoms with E-state index in [-0.39, 0.29) is 16.5 Å². The Labute approximate surface area is 127 Å². The van der Waals surface area contributed by atoms with E-state index in [4.69, 9.17) is 16.3 Å². The lowest BCUT2D eigenvalue weighted by Gasteiger charge is -2.10. The molecular formula is C15H15ClN2O3. The van der Waals surface area contributed by atoms with Gasteiger partial charge < -0.3 is 4.74 Å². The van der Waals surface area contributed by atoms with Crippen LogP contribution in [-0.2, 0) is 0 Å². The van der Waals surface area contributed by atoms with E-state index in [1.54, 1.807) is 31.2 Å². The molecule has 2 rings (SSSR count). The number of halogens is 1. The van der Waals surface area contributed by atoms with Crippen LogP contribution in [-0.4, -0.2) is 22.2 Å². The summed E-state index contributed by atoms with van der Waals surface area (Å²) in [6.45, 7) is 5.44. The highest BCUT2D eigenvalue weighted by Crippen LogP contribution is 2.17. The molecule has 2 aromatic rings. The predicted molar refractivity (Wildman–Crippen MR) is 80.8 cm³/mol. The predicted octanol–water partition coefficient (Wildman–Crippen LogP) is 2.80. The summed E-state index contributed by atoms with van der Waals surface area (Å²) >= 11 is 6.01. The third-order valence-electron chi connectivity index (χ3n) is 2.99. The maximum Gasteiger partial charge on any atom is 0.290 e. The van der Waals surface area contributed by atoms with E-state index in [9.17, 15) is 9.59 Å². The fourth-order valence-electron chi connectivity index (χ4n) is 1.94. The van der Waals surface area contributed by atoms with Gasteiger partial charge in [-0.05, 0) is 38.1 Å². The standard InChI is InChI=1S/C15H15ClN2O3/c1-4-21-12-7-5-11(6-8-12)18-15(20)13(16)9(2)14(17-18)10(3)19/h5-8H,4H2,1-3H3. The molecule has 6 heteroatoms. The van der Waals surface area contributed by atoms with E-state index < -0.39 is 5.56 Å². The number of carbonyl (C=O) groups is 1. The molecule has 1 aromatic heterocycles. The molecule has 0 spiro atoms. The summed E-state index contributed by atoms with van der Waals surface area (Å²) < 4.78 is 6.47. The van der Waals surface area contributed by atoms with Crippen molar-refractivity contribution in [2.24, 2.45) is 0 Å². The number of rotatable bonds is 4. The zero-order valence-electron chi connectivity index (χ0n) is 12.0. The third-order valence-corrected chi connectivity index (χ3v) is 3.44. The fourth-order valence-corrected chi connectivity index (χ4v) is 2.11. The van der Waals surface area contributed by atoms with E-state index in [2.05, 4.69) is 5.10 Å². The summed E-state index contributed by atoms with van der Waals surface area (Å²) in [6, 6.07) is 6.84. The Kier molecular flexibility index (Phi) is 4.43. The van der Waals surface area contributed by atoms with Crippen LogP contribution in [0.25, 0.3) is 5.69 Å². The Balaban J connectivity index is 2.58. The maximum atomic E-state index is 12.2. The molecule has 0 aliphatic rings. The Bertz CT molecular complexity index is 736. The van der Waals surface area contributed by atoms with Crippen LogP contribution in [0.5, 0.6) is 5.75 Å². The van der Waals surface area contributed by atoms with Crippen molar-refractivity contribution in [1.29, 1.82) is 0 Å². The summed E-state index contributed by atoms with van der Waals surface area (Å²) in [7, 11) is 0. The Morgan fingerprint density at radius 1 is 1.33 bits per heavy atom. The summed E-state index contributed by atoms with van der Waals surface area (Å²) in [5.41, 5.74) is 0.654.